The number of carbonyl (C=O) groups excluding carboxylic acids is 3. The number of para-hydroxylation sites is 1. The van der Waals surface area contributed by atoms with E-state index in [9.17, 15) is 24.3 Å². The van der Waals surface area contributed by atoms with E-state index in [-0.39, 0.29) is 30.3 Å². The Bertz CT molecular complexity index is 1530. The van der Waals surface area contributed by atoms with Crippen molar-refractivity contribution in [2.75, 3.05) is 44.6 Å². The van der Waals surface area contributed by atoms with Crippen LogP contribution in [0.4, 0.5) is 10.5 Å². The number of nitrogens with zero attached hydrogens (tertiary/aromatic N) is 4. The predicted octanol–water partition coefficient (Wildman–Crippen LogP) is 5.66. The molecule has 2 atom stereocenters. The van der Waals surface area contributed by atoms with Crippen molar-refractivity contribution in [3.8, 4) is 0 Å². The van der Waals surface area contributed by atoms with Crippen LogP contribution in [0.3, 0.4) is 0 Å². The van der Waals surface area contributed by atoms with Gasteiger partial charge in [0.05, 0.1) is 5.92 Å². The molecule has 0 aromatic heterocycles. The van der Waals surface area contributed by atoms with Crippen molar-refractivity contribution in [1.82, 2.24) is 19.6 Å². The maximum absolute atomic E-state index is 14.1. The number of anilines is 1. The number of amides is 4. The van der Waals surface area contributed by atoms with Gasteiger partial charge in [-0.05, 0) is 113 Å². The molecule has 10 nitrogen and oxygen atoms in total. The van der Waals surface area contributed by atoms with Gasteiger partial charge in [0.1, 0.15) is 6.04 Å². The molecule has 2 aromatic rings. The van der Waals surface area contributed by atoms with E-state index in [1.165, 1.54) is 0 Å². The third-order valence-corrected chi connectivity index (χ3v) is 12.0. The van der Waals surface area contributed by atoms with Crippen molar-refractivity contribution in [2.24, 2.45) is 17.8 Å². The van der Waals surface area contributed by atoms with Crippen molar-refractivity contribution in [3.05, 3.63) is 64.2 Å². The summed E-state index contributed by atoms with van der Waals surface area (Å²) in [7, 11) is 0. The molecular weight excluding hydrogens is 642 g/mol. The third-order valence-electron chi connectivity index (χ3n) is 11.6. The van der Waals surface area contributed by atoms with E-state index in [4.69, 9.17) is 11.6 Å². The molecule has 4 heterocycles. The second-order valence-corrected chi connectivity index (χ2v) is 15.0. The summed E-state index contributed by atoms with van der Waals surface area (Å²) in [6.45, 7) is 8.38. The summed E-state index contributed by atoms with van der Waals surface area (Å²) < 4.78 is 0. The minimum Gasteiger partial charge on any atom is -0.480 e. The summed E-state index contributed by atoms with van der Waals surface area (Å²) in [5.41, 5.74) is 3.91. The van der Waals surface area contributed by atoms with Crippen LogP contribution in [0.2, 0.25) is 5.02 Å². The molecule has 2 N–H and O–H groups in total. The van der Waals surface area contributed by atoms with Crippen molar-refractivity contribution in [3.63, 3.8) is 0 Å². The highest BCUT2D eigenvalue weighted by Crippen LogP contribution is 2.34. The van der Waals surface area contributed by atoms with Crippen LogP contribution < -0.4 is 5.32 Å². The number of hydrogen-bond acceptors (Lipinski definition) is 5. The fourth-order valence-electron chi connectivity index (χ4n) is 8.43. The molecule has 4 aliphatic heterocycles. The molecule has 0 bridgehead atoms. The van der Waals surface area contributed by atoms with E-state index in [0.717, 1.165) is 61.2 Å². The lowest BCUT2D eigenvalue weighted by Gasteiger charge is -2.42. The van der Waals surface area contributed by atoms with E-state index in [0.29, 0.717) is 68.8 Å². The molecule has 3 fully saturated rings. The van der Waals surface area contributed by atoms with E-state index >= 15 is 0 Å². The number of halogens is 1. The number of hydrogen-bond donors (Lipinski definition) is 2. The van der Waals surface area contributed by atoms with E-state index in [2.05, 4.69) is 10.2 Å². The monoisotopic (exact) mass is 691 g/mol. The number of carboxylic acids is 1. The Balaban J connectivity index is 1.05. The van der Waals surface area contributed by atoms with Crippen molar-refractivity contribution in [2.45, 2.75) is 83.8 Å². The maximum Gasteiger partial charge on any atom is 0.322 e. The zero-order valence-electron chi connectivity index (χ0n) is 28.8. The second-order valence-electron chi connectivity index (χ2n) is 14.6. The van der Waals surface area contributed by atoms with Gasteiger partial charge < -0.3 is 25.1 Å². The topological polar surface area (TPSA) is 113 Å². The molecule has 4 aliphatic rings. The molecule has 0 radical (unpaired) electrons. The molecular formula is C38H50ClN5O5. The Kier molecular flexibility index (Phi) is 11.1. The number of urea groups is 1. The fraction of sp³-hybridized carbons (Fsp3) is 0.579. The second kappa shape index (κ2) is 15.5. The van der Waals surface area contributed by atoms with Crippen LogP contribution in [0.25, 0.3) is 0 Å². The van der Waals surface area contributed by atoms with Crippen LogP contribution in [0.1, 0.15) is 68.6 Å². The summed E-state index contributed by atoms with van der Waals surface area (Å²) in [5, 5.41) is 13.1. The molecule has 49 heavy (non-hydrogen) atoms. The van der Waals surface area contributed by atoms with E-state index in [1.54, 1.807) is 6.92 Å². The standard InChI is InChI=1S/C38H50ClN5O5/c1-25-21-27(7-8-33(25)39)22-31(36(46)43-17-11-29(12-18-43)28-9-15-41(16-10-28)26(2)37(47)48)23-35(45)42-19-13-32(14-20-42)44-24-30-5-3-4-6-34(30)40-38(44)49/h3-8,21,26,28-29,31-32H,9-20,22-24H2,1-2H3,(H,40,49)(H,47,48). The van der Waals surface area contributed by atoms with Crippen LogP contribution in [-0.4, -0.2) is 99.9 Å². The predicted molar refractivity (Wildman–Crippen MR) is 189 cm³/mol. The largest absolute Gasteiger partial charge is 0.480 e. The Labute approximate surface area is 294 Å². The normalized spacial score (nSPS) is 21.2. The van der Waals surface area contributed by atoms with Gasteiger partial charge in [-0.2, -0.15) is 0 Å². The Hall–Kier alpha value is -3.63. The molecule has 0 spiro atoms. The van der Waals surface area contributed by atoms with Gasteiger partial charge in [0.25, 0.3) is 0 Å². The maximum atomic E-state index is 14.1. The molecule has 3 saturated heterocycles. The number of benzene rings is 2. The number of aliphatic carboxylic acids is 1. The van der Waals surface area contributed by atoms with Crippen molar-refractivity contribution >= 4 is 41.1 Å². The Morgan fingerprint density at radius 1 is 0.898 bits per heavy atom. The smallest absolute Gasteiger partial charge is 0.322 e. The highest BCUT2D eigenvalue weighted by atomic mass is 35.5. The number of rotatable bonds is 9. The highest BCUT2D eigenvalue weighted by molar-refractivity contribution is 6.31. The lowest BCUT2D eigenvalue weighted by atomic mass is 9.78. The van der Waals surface area contributed by atoms with Crippen LogP contribution in [-0.2, 0) is 27.3 Å². The minimum absolute atomic E-state index is 0.00633. The first kappa shape index (κ1) is 35.2. The van der Waals surface area contributed by atoms with Crippen LogP contribution in [0.15, 0.2) is 42.5 Å². The Morgan fingerprint density at radius 3 is 2.18 bits per heavy atom. The summed E-state index contributed by atoms with van der Waals surface area (Å²) >= 11 is 6.31. The molecule has 2 unspecified atom stereocenters. The zero-order chi connectivity index (χ0) is 34.7. The number of carbonyl (C=O) groups is 4. The van der Waals surface area contributed by atoms with Gasteiger partial charge in [-0.25, -0.2) is 4.79 Å². The third kappa shape index (κ3) is 8.23. The van der Waals surface area contributed by atoms with Gasteiger partial charge in [-0.15, -0.1) is 0 Å². The van der Waals surface area contributed by atoms with Gasteiger partial charge in [-0.3, -0.25) is 19.3 Å². The Morgan fingerprint density at radius 2 is 1.53 bits per heavy atom. The minimum atomic E-state index is -0.769. The summed E-state index contributed by atoms with van der Waals surface area (Å²) in [4.78, 5) is 60.1. The van der Waals surface area contributed by atoms with Crippen LogP contribution in [0.5, 0.6) is 0 Å². The van der Waals surface area contributed by atoms with E-state index in [1.807, 2.05) is 64.1 Å². The summed E-state index contributed by atoms with van der Waals surface area (Å²) in [6.07, 6.45) is 5.91. The number of likely N-dealkylation sites (tertiary alicyclic amines) is 3. The summed E-state index contributed by atoms with van der Waals surface area (Å²) in [6, 6.07) is 13.2. The molecule has 0 saturated carbocycles. The van der Waals surface area contributed by atoms with Gasteiger partial charge in [0.2, 0.25) is 11.8 Å². The van der Waals surface area contributed by atoms with E-state index < -0.39 is 17.9 Å². The highest BCUT2D eigenvalue weighted by Gasteiger charge is 2.37. The molecule has 0 aliphatic carbocycles. The average Bonchev–Trinajstić information content (AvgIpc) is 3.12. The number of aryl methyl sites for hydroxylation is 1. The van der Waals surface area contributed by atoms with Gasteiger partial charge in [-0.1, -0.05) is 41.9 Å². The average molecular weight is 692 g/mol. The number of nitrogens with one attached hydrogen (secondary N) is 1. The quantitative estimate of drug-likeness (QED) is 0.351. The number of carboxylic acid groups (broad SMARTS) is 1. The van der Waals surface area contributed by atoms with Crippen molar-refractivity contribution < 1.29 is 24.3 Å². The lowest BCUT2D eigenvalue weighted by molar-refractivity contribution is -0.143. The first-order valence-corrected chi connectivity index (χ1v) is 18.4. The zero-order valence-corrected chi connectivity index (χ0v) is 29.5. The molecule has 4 amide bonds. The van der Waals surface area contributed by atoms with Crippen LogP contribution >= 0.6 is 11.6 Å². The van der Waals surface area contributed by atoms with Crippen LogP contribution in [0, 0.1) is 24.7 Å². The first-order chi connectivity index (χ1) is 23.6. The molecule has 264 valence electrons. The van der Waals surface area contributed by atoms with Gasteiger partial charge in [0.15, 0.2) is 0 Å². The summed E-state index contributed by atoms with van der Waals surface area (Å²) in [5.74, 6) is -0.113. The van der Waals surface area contributed by atoms with Gasteiger partial charge >= 0.3 is 12.0 Å². The molecule has 2 aromatic carbocycles. The van der Waals surface area contributed by atoms with Crippen molar-refractivity contribution in [1.29, 1.82) is 0 Å². The van der Waals surface area contributed by atoms with Gasteiger partial charge in [0, 0.05) is 55.9 Å². The lowest BCUT2D eigenvalue weighted by Crippen LogP contribution is -2.51. The number of piperidine rings is 3. The first-order valence-electron chi connectivity index (χ1n) is 18.0. The molecule has 6 rings (SSSR count). The fourth-order valence-corrected chi connectivity index (χ4v) is 8.55. The SMILES string of the molecule is Cc1cc(CC(CC(=O)N2CCC(N3Cc4ccccc4NC3=O)CC2)C(=O)N2CCC(C3CCN(C(C)C(=O)O)CC3)CC2)ccc1Cl. The molecule has 11 heteroatoms. The number of fused-ring (bicyclic) bond motifs is 1.